The summed E-state index contributed by atoms with van der Waals surface area (Å²) < 4.78 is 28.2. The number of amides is 1. The summed E-state index contributed by atoms with van der Waals surface area (Å²) in [6.45, 7) is 1.45. The first-order valence-electron chi connectivity index (χ1n) is 9.94. The fourth-order valence-electron chi connectivity index (χ4n) is 4.14. The van der Waals surface area contributed by atoms with Gasteiger partial charge in [-0.2, -0.15) is 0 Å². The van der Waals surface area contributed by atoms with Crippen molar-refractivity contribution < 1.29 is 13.2 Å². The Morgan fingerprint density at radius 3 is 2.54 bits per heavy atom. The lowest BCUT2D eigenvalue weighted by molar-refractivity contribution is -0.128. The Balaban J connectivity index is 1.37. The molecule has 1 saturated heterocycles. The first-order chi connectivity index (χ1) is 13.5. The average molecular weight is 399 g/mol. The molecular formula is C22H26N2O3S. The van der Waals surface area contributed by atoms with Crippen molar-refractivity contribution in [3.63, 3.8) is 0 Å². The smallest absolute Gasteiger partial charge is 0.240 e. The number of carbonyl (C=O) groups excluding carboxylic acids is 1. The minimum Gasteiger partial charge on any atom is -0.338 e. The van der Waals surface area contributed by atoms with Crippen LogP contribution in [0.3, 0.4) is 0 Å². The maximum absolute atomic E-state index is 12.7. The highest BCUT2D eigenvalue weighted by atomic mass is 32.2. The van der Waals surface area contributed by atoms with Crippen LogP contribution in [0.25, 0.3) is 0 Å². The minimum absolute atomic E-state index is 0.00335. The predicted molar refractivity (Wildman–Crippen MR) is 108 cm³/mol. The Labute approximate surface area is 166 Å². The zero-order valence-corrected chi connectivity index (χ0v) is 16.7. The SMILES string of the molecule is O=C1CC(CNS(=O)(=O)c2ccc3c(c2)CCCC3)CN1Cc1ccccc1. The van der Waals surface area contributed by atoms with E-state index < -0.39 is 10.0 Å². The molecule has 1 amide bonds. The summed E-state index contributed by atoms with van der Waals surface area (Å²) in [5.41, 5.74) is 3.51. The van der Waals surface area contributed by atoms with Crippen LogP contribution in [-0.4, -0.2) is 32.3 Å². The Morgan fingerprint density at radius 1 is 1.00 bits per heavy atom. The van der Waals surface area contributed by atoms with Crippen molar-refractivity contribution in [2.45, 2.75) is 43.5 Å². The molecular weight excluding hydrogens is 372 g/mol. The van der Waals surface area contributed by atoms with E-state index in [2.05, 4.69) is 4.72 Å². The summed E-state index contributed by atoms with van der Waals surface area (Å²) >= 11 is 0. The van der Waals surface area contributed by atoms with Gasteiger partial charge in [0.05, 0.1) is 4.90 Å². The number of rotatable bonds is 6. The summed E-state index contributed by atoms with van der Waals surface area (Å²) in [5.74, 6) is 0.0884. The van der Waals surface area contributed by atoms with E-state index in [1.54, 1.807) is 6.07 Å². The molecule has 1 atom stereocenters. The summed E-state index contributed by atoms with van der Waals surface area (Å²) in [6, 6.07) is 15.3. The lowest BCUT2D eigenvalue weighted by Crippen LogP contribution is -2.31. The van der Waals surface area contributed by atoms with E-state index in [4.69, 9.17) is 0 Å². The van der Waals surface area contributed by atoms with Crippen LogP contribution in [0.1, 0.15) is 36.0 Å². The van der Waals surface area contributed by atoms with Crippen LogP contribution in [0.15, 0.2) is 53.4 Å². The van der Waals surface area contributed by atoms with E-state index in [1.807, 2.05) is 47.4 Å². The van der Waals surface area contributed by atoms with Gasteiger partial charge in [-0.15, -0.1) is 0 Å². The molecule has 28 heavy (non-hydrogen) atoms. The summed E-state index contributed by atoms with van der Waals surface area (Å²) in [4.78, 5) is 14.4. The van der Waals surface area contributed by atoms with Crippen LogP contribution in [0.4, 0.5) is 0 Å². The second-order valence-electron chi connectivity index (χ2n) is 7.82. The van der Waals surface area contributed by atoms with Crippen molar-refractivity contribution in [2.75, 3.05) is 13.1 Å². The molecule has 2 aromatic rings. The maximum atomic E-state index is 12.7. The Hall–Kier alpha value is -2.18. The number of aryl methyl sites for hydroxylation is 2. The summed E-state index contributed by atoms with van der Waals surface area (Å²) in [5, 5.41) is 0. The number of likely N-dealkylation sites (tertiary alicyclic amines) is 1. The Bertz CT molecular complexity index is 957. The molecule has 0 radical (unpaired) electrons. The zero-order chi connectivity index (χ0) is 19.6. The van der Waals surface area contributed by atoms with Gasteiger partial charge >= 0.3 is 0 Å². The second-order valence-corrected chi connectivity index (χ2v) is 9.59. The van der Waals surface area contributed by atoms with E-state index in [1.165, 1.54) is 12.0 Å². The van der Waals surface area contributed by atoms with E-state index in [0.29, 0.717) is 24.4 Å². The van der Waals surface area contributed by atoms with Crippen LogP contribution in [0.2, 0.25) is 0 Å². The van der Waals surface area contributed by atoms with Crippen molar-refractivity contribution in [3.05, 3.63) is 65.2 Å². The van der Waals surface area contributed by atoms with E-state index in [9.17, 15) is 13.2 Å². The molecule has 1 N–H and O–H groups in total. The molecule has 0 aromatic heterocycles. The third-order valence-corrected chi connectivity index (χ3v) is 7.12. The van der Waals surface area contributed by atoms with E-state index in [-0.39, 0.29) is 18.4 Å². The average Bonchev–Trinajstić information content (AvgIpc) is 3.06. The molecule has 5 nitrogen and oxygen atoms in total. The number of carbonyl (C=O) groups is 1. The molecule has 0 bridgehead atoms. The molecule has 1 unspecified atom stereocenters. The molecule has 1 fully saturated rings. The predicted octanol–water partition coefficient (Wildman–Crippen LogP) is 2.89. The topological polar surface area (TPSA) is 66.5 Å². The van der Waals surface area contributed by atoms with Gasteiger partial charge in [0.2, 0.25) is 15.9 Å². The fraction of sp³-hybridized carbons (Fsp3) is 0.409. The van der Waals surface area contributed by atoms with Crippen LogP contribution < -0.4 is 4.72 Å². The molecule has 2 aromatic carbocycles. The number of nitrogens with zero attached hydrogens (tertiary/aromatic N) is 1. The van der Waals surface area contributed by atoms with Gasteiger partial charge in [-0.1, -0.05) is 36.4 Å². The maximum Gasteiger partial charge on any atom is 0.240 e. The van der Waals surface area contributed by atoms with Gasteiger partial charge in [0.25, 0.3) is 0 Å². The third-order valence-electron chi connectivity index (χ3n) is 5.70. The Kier molecular flexibility index (Phi) is 5.51. The highest BCUT2D eigenvalue weighted by molar-refractivity contribution is 7.89. The number of sulfonamides is 1. The van der Waals surface area contributed by atoms with Crippen LogP contribution in [0.5, 0.6) is 0 Å². The van der Waals surface area contributed by atoms with Gasteiger partial charge in [0.15, 0.2) is 0 Å². The number of benzene rings is 2. The standard InChI is InChI=1S/C22H26N2O3S/c25-22-12-18(16-24(22)15-17-6-2-1-3-7-17)14-23-28(26,27)21-11-10-19-8-4-5-9-20(19)13-21/h1-3,6-7,10-11,13,18,23H,4-5,8-9,12,14-16H2. The molecule has 1 aliphatic carbocycles. The quantitative estimate of drug-likeness (QED) is 0.814. The summed E-state index contributed by atoms with van der Waals surface area (Å²) in [7, 11) is -3.55. The molecule has 6 heteroatoms. The molecule has 1 heterocycles. The fourth-order valence-corrected chi connectivity index (χ4v) is 5.30. The first-order valence-corrected chi connectivity index (χ1v) is 11.4. The monoisotopic (exact) mass is 398 g/mol. The largest absolute Gasteiger partial charge is 0.338 e. The van der Waals surface area contributed by atoms with Crippen LogP contribution >= 0.6 is 0 Å². The lowest BCUT2D eigenvalue weighted by Gasteiger charge is -2.18. The van der Waals surface area contributed by atoms with E-state index >= 15 is 0 Å². The summed E-state index contributed by atoms with van der Waals surface area (Å²) in [6.07, 6.45) is 4.66. The van der Waals surface area contributed by atoms with Crippen LogP contribution in [-0.2, 0) is 34.2 Å². The zero-order valence-electron chi connectivity index (χ0n) is 15.9. The van der Waals surface area contributed by atoms with Gasteiger partial charge in [-0.25, -0.2) is 13.1 Å². The van der Waals surface area contributed by atoms with Crippen molar-refractivity contribution in [1.29, 1.82) is 0 Å². The molecule has 0 saturated carbocycles. The Morgan fingerprint density at radius 2 is 1.75 bits per heavy atom. The third kappa shape index (κ3) is 4.28. The number of hydrogen-bond donors (Lipinski definition) is 1. The van der Waals surface area contributed by atoms with Crippen molar-refractivity contribution >= 4 is 15.9 Å². The first kappa shape index (κ1) is 19.2. The second kappa shape index (κ2) is 8.05. The van der Waals surface area contributed by atoms with Gasteiger partial charge in [0.1, 0.15) is 0 Å². The van der Waals surface area contributed by atoms with Crippen molar-refractivity contribution in [2.24, 2.45) is 5.92 Å². The van der Waals surface area contributed by atoms with Crippen molar-refractivity contribution in [3.8, 4) is 0 Å². The highest BCUT2D eigenvalue weighted by Gasteiger charge is 2.30. The van der Waals surface area contributed by atoms with Gasteiger partial charge in [-0.05, 0) is 60.4 Å². The molecule has 148 valence electrons. The van der Waals surface area contributed by atoms with Crippen LogP contribution in [0, 0.1) is 5.92 Å². The highest BCUT2D eigenvalue weighted by Crippen LogP contribution is 2.25. The number of hydrogen-bond acceptors (Lipinski definition) is 3. The number of nitrogens with one attached hydrogen (secondary N) is 1. The van der Waals surface area contributed by atoms with Crippen molar-refractivity contribution in [1.82, 2.24) is 9.62 Å². The van der Waals surface area contributed by atoms with Gasteiger partial charge < -0.3 is 4.90 Å². The molecule has 4 rings (SSSR count). The van der Waals surface area contributed by atoms with Gasteiger partial charge in [-0.3, -0.25) is 4.79 Å². The normalized spacial score (nSPS) is 19.6. The molecule has 0 spiro atoms. The lowest BCUT2D eigenvalue weighted by atomic mass is 9.92. The van der Waals surface area contributed by atoms with E-state index in [0.717, 1.165) is 30.4 Å². The minimum atomic E-state index is -3.55. The van der Waals surface area contributed by atoms with Gasteiger partial charge in [0, 0.05) is 26.1 Å². The number of fused-ring (bicyclic) bond motifs is 1. The molecule has 2 aliphatic rings. The molecule has 1 aliphatic heterocycles.